The van der Waals surface area contributed by atoms with Crippen molar-refractivity contribution in [3.05, 3.63) is 76.7 Å². The molecule has 4 rings (SSSR count). The van der Waals surface area contributed by atoms with Crippen LogP contribution in [0, 0.1) is 0 Å². The van der Waals surface area contributed by atoms with Gasteiger partial charge in [0.2, 0.25) is 5.95 Å². The monoisotopic (exact) mass is 351 g/mol. The standard InChI is InChI=1S/C19H18ClN5/c20-16-7-17-15(11-21-18(17)22-12-16)6-14-9-24-19(25-10-14)23-8-13-4-2-1-3-5-13/h1-5,7,9-10,12,15H,6,8,11H2,(H,21,22)(H,23,24,25). The van der Waals surface area contributed by atoms with Crippen LogP contribution in [0.4, 0.5) is 11.8 Å². The Kier molecular flexibility index (Phi) is 4.48. The van der Waals surface area contributed by atoms with Gasteiger partial charge < -0.3 is 10.6 Å². The van der Waals surface area contributed by atoms with Crippen LogP contribution in [0.2, 0.25) is 5.02 Å². The first-order chi connectivity index (χ1) is 12.3. The summed E-state index contributed by atoms with van der Waals surface area (Å²) < 4.78 is 0. The van der Waals surface area contributed by atoms with E-state index in [0.29, 0.717) is 23.4 Å². The molecule has 0 amide bonds. The quantitative estimate of drug-likeness (QED) is 0.730. The molecule has 1 aliphatic heterocycles. The maximum atomic E-state index is 6.07. The van der Waals surface area contributed by atoms with E-state index >= 15 is 0 Å². The van der Waals surface area contributed by atoms with Crippen LogP contribution in [-0.4, -0.2) is 21.5 Å². The molecule has 0 radical (unpaired) electrons. The summed E-state index contributed by atoms with van der Waals surface area (Å²) in [6.45, 7) is 1.57. The van der Waals surface area contributed by atoms with Gasteiger partial charge in [0.25, 0.3) is 0 Å². The average molecular weight is 352 g/mol. The molecule has 1 atom stereocenters. The van der Waals surface area contributed by atoms with Gasteiger partial charge in [-0.05, 0) is 23.6 Å². The molecule has 0 saturated heterocycles. The maximum Gasteiger partial charge on any atom is 0.222 e. The van der Waals surface area contributed by atoms with Crippen molar-refractivity contribution in [1.82, 2.24) is 15.0 Å². The molecule has 1 aromatic carbocycles. The minimum atomic E-state index is 0.341. The summed E-state index contributed by atoms with van der Waals surface area (Å²) in [5, 5.41) is 7.24. The third kappa shape index (κ3) is 3.72. The van der Waals surface area contributed by atoms with E-state index in [1.54, 1.807) is 6.20 Å². The van der Waals surface area contributed by atoms with Gasteiger partial charge in [-0.2, -0.15) is 0 Å². The molecule has 0 bridgehead atoms. The summed E-state index contributed by atoms with van der Waals surface area (Å²) in [5.74, 6) is 1.91. The molecule has 25 heavy (non-hydrogen) atoms. The van der Waals surface area contributed by atoms with Crippen LogP contribution in [0.15, 0.2) is 55.0 Å². The lowest BCUT2D eigenvalue weighted by atomic mass is 9.96. The molecular weight excluding hydrogens is 334 g/mol. The molecule has 0 saturated carbocycles. The van der Waals surface area contributed by atoms with Gasteiger partial charge in [-0.25, -0.2) is 15.0 Å². The lowest BCUT2D eigenvalue weighted by Crippen LogP contribution is -2.07. The van der Waals surface area contributed by atoms with Gasteiger partial charge in [-0.1, -0.05) is 41.9 Å². The fourth-order valence-electron chi connectivity index (χ4n) is 3.04. The van der Waals surface area contributed by atoms with Crippen LogP contribution in [-0.2, 0) is 13.0 Å². The van der Waals surface area contributed by atoms with Crippen LogP contribution >= 0.6 is 11.6 Å². The number of aromatic nitrogens is 3. The molecule has 0 aliphatic carbocycles. The summed E-state index contributed by atoms with van der Waals surface area (Å²) in [5.41, 5.74) is 3.47. The summed E-state index contributed by atoms with van der Waals surface area (Å²) in [6.07, 6.45) is 6.31. The summed E-state index contributed by atoms with van der Waals surface area (Å²) >= 11 is 6.07. The third-order valence-electron chi connectivity index (χ3n) is 4.32. The molecule has 6 heteroatoms. The van der Waals surface area contributed by atoms with E-state index < -0.39 is 0 Å². The summed E-state index contributed by atoms with van der Waals surface area (Å²) in [7, 11) is 0. The topological polar surface area (TPSA) is 62.7 Å². The highest BCUT2D eigenvalue weighted by Crippen LogP contribution is 2.33. The molecular formula is C19H18ClN5. The highest BCUT2D eigenvalue weighted by atomic mass is 35.5. The Morgan fingerprint density at radius 3 is 2.64 bits per heavy atom. The predicted octanol–water partition coefficient (Wildman–Crippen LogP) is 3.89. The van der Waals surface area contributed by atoms with Crippen molar-refractivity contribution in [2.45, 2.75) is 18.9 Å². The molecule has 2 aromatic heterocycles. The second kappa shape index (κ2) is 7.07. The zero-order valence-electron chi connectivity index (χ0n) is 13.6. The molecule has 0 spiro atoms. The molecule has 1 aliphatic rings. The van der Waals surface area contributed by atoms with E-state index in [0.717, 1.165) is 24.3 Å². The predicted molar refractivity (Wildman–Crippen MR) is 100.0 cm³/mol. The lowest BCUT2D eigenvalue weighted by molar-refractivity contribution is 0.745. The van der Waals surface area contributed by atoms with Gasteiger partial charge in [-0.3, -0.25) is 0 Å². The van der Waals surface area contributed by atoms with Gasteiger partial charge >= 0.3 is 0 Å². The fraction of sp³-hybridized carbons (Fsp3) is 0.211. The third-order valence-corrected chi connectivity index (χ3v) is 4.53. The van der Waals surface area contributed by atoms with E-state index in [1.807, 2.05) is 36.7 Å². The molecule has 126 valence electrons. The number of nitrogens with one attached hydrogen (secondary N) is 2. The molecule has 2 N–H and O–H groups in total. The highest BCUT2D eigenvalue weighted by molar-refractivity contribution is 6.30. The molecule has 1 unspecified atom stereocenters. The number of nitrogens with zero attached hydrogens (tertiary/aromatic N) is 3. The number of hydrogen-bond donors (Lipinski definition) is 2. The van der Waals surface area contributed by atoms with E-state index in [4.69, 9.17) is 11.6 Å². The Morgan fingerprint density at radius 1 is 1.04 bits per heavy atom. The number of pyridine rings is 1. The van der Waals surface area contributed by atoms with Gasteiger partial charge in [-0.15, -0.1) is 0 Å². The van der Waals surface area contributed by atoms with Crippen LogP contribution in [0.25, 0.3) is 0 Å². The minimum Gasteiger partial charge on any atom is -0.369 e. The van der Waals surface area contributed by atoms with Gasteiger partial charge in [0.15, 0.2) is 0 Å². The zero-order chi connectivity index (χ0) is 17.1. The maximum absolute atomic E-state index is 6.07. The normalized spacial score (nSPS) is 15.5. The van der Waals surface area contributed by atoms with E-state index in [1.165, 1.54) is 11.1 Å². The number of rotatable bonds is 5. The van der Waals surface area contributed by atoms with Crippen LogP contribution in [0.1, 0.15) is 22.6 Å². The van der Waals surface area contributed by atoms with Gasteiger partial charge in [0.05, 0.1) is 5.02 Å². The Balaban J connectivity index is 1.39. The van der Waals surface area contributed by atoms with Crippen molar-refractivity contribution < 1.29 is 0 Å². The number of fused-ring (bicyclic) bond motifs is 1. The number of hydrogen-bond acceptors (Lipinski definition) is 5. The van der Waals surface area contributed by atoms with Crippen molar-refractivity contribution in [2.75, 3.05) is 17.2 Å². The number of anilines is 2. The van der Waals surface area contributed by atoms with E-state index in [-0.39, 0.29) is 0 Å². The van der Waals surface area contributed by atoms with Crippen molar-refractivity contribution in [1.29, 1.82) is 0 Å². The van der Waals surface area contributed by atoms with Crippen LogP contribution < -0.4 is 10.6 Å². The zero-order valence-corrected chi connectivity index (χ0v) is 14.4. The van der Waals surface area contributed by atoms with Crippen LogP contribution in [0.3, 0.4) is 0 Å². The van der Waals surface area contributed by atoms with Crippen molar-refractivity contribution in [3.63, 3.8) is 0 Å². The number of benzene rings is 1. The first kappa shape index (κ1) is 15.8. The minimum absolute atomic E-state index is 0.341. The highest BCUT2D eigenvalue weighted by Gasteiger charge is 2.24. The van der Waals surface area contributed by atoms with Crippen molar-refractivity contribution in [2.24, 2.45) is 0 Å². The Labute approximate surface area is 151 Å². The number of halogens is 1. The molecule has 0 fully saturated rings. The van der Waals surface area contributed by atoms with E-state index in [9.17, 15) is 0 Å². The lowest BCUT2D eigenvalue weighted by Gasteiger charge is -2.10. The van der Waals surface area contributed by atoms with Crippen molar-refractivity contribution >= 4 is 23.4 Å². The fourth-order valence-corrected chi connectivity index (χ4v) is 3.21. The largest absolute Gasteiger partial charge is 0.369 e. The first-order valence-corrected chi connectivity index (χ1v) is 8.64. The molecule has 5 nitrogen and oxygen atoms in total. The second-order valence-corrected chi connectivity index (χ2v) is 6.56. The average Bonchev–Trinajstić information content (AvgIpc) is 3.04. The van der Waals surface area contributed by atoms with E-state index in [2.05, 4.69) is 37.7 Å². The van der Waals surface area contributed by atoms with Crippen LogP contribution in [0.5, 0.6) is 0 Å². The SMILES string of the molecule is Clc1cnc2c(c1)C(Cc1cnc(NCc3ccccc3)nc1)CN2. The second-order valence-electron chi connectivity index (χ2n) is 6.13. The Hall–Kier alpha value is -2.66. The first-order valence-electron chi connectivity index (χ1n) is 8.26. The van der Waals surface area contributed by atoms with Crippen molar-refractivity contribution in [3.8, 4) is 0 Å². The Bertz CT molecular complexity index is 851. The summed E-state index contributed by atoms with van der Waals surface area (Å²) in [6, 6.07) is 12.2. The Morgan fingerprint density at radius 2 is 1.84 bits per heavy atom. The molecule has 3 aromatic rings. The molecule has 3 heterocycles. The van der Waals surface area contributed by atoms with Gasteiger partial charge in [0.1, 0.15) is 5.82 Å². The van der Waals surface area contributed by atoms with Gasteiger partial charge in [0, 0.05) is 43.2 Å². The summed E-state index contributed by atoms with van der Waals surface area (Å²) in [4.78, 5) is 13.2. The smallest absolute Gasteiger partial charge is 0.222 e.